The molecule has 0 saturated carbocycles. The van der Waals surface area contributed by atoms with E-state index in [9.17, 15) is 0 Å². The number of nitrogens with two attached hydrogens (primary N) is 1. The second kappa shape index (κ2) is 5.52. The predicted octanol–water partition coefficient (Wildman–Crippen LogP) is 1.13. The zero-order valence-corrected chi connectivity index (χ0v) is 11.3. The van der Waals surface area contributed by atoms with Crippen LogP contribution in [-0.2, 0) is 20.0 Å². The summed E-state index contributed by atoms with van der Waals surface area (Å²) in [6.07, 6.45) is 3.16. The Balaban J connectivity index is 2.00. The van der Waals surface area contributed by atoms with E-state index in [1.54, 1.807) is 0 Å². The number of hydrogen-bond donors (Lipinski definition) is 2. The Morgan fingerprint density at radius 3 is 3.00 bits per heavy atom. The summed E-state index contributed by atoms with van der Waals surface area (Å²) in [5, 5.41) is 12.0. The molecule has 0 radical (unpaired) electrons. The van der Waals surface area contributed by atoms with Crippen LogP contribution < -0.4 is 5.73 Å². The molecule has 1 saturated heterocycles. The van der Waals surface area contributed by atoms with Crippen LogP contribution in [-0.4, -0.2) is 33.6 Å². The second-order valence-electron chi connectivity index (χ2n) is 5.13. The average molecular weight is 249 g/mol. The minimum atomic E-state index is 0.234. The van der Waals surface area contributed by atoms with Crippen molar-refractivity contribution in [1.82, 2.24) is 14.7 Å². The summed E-state index contributed by atoms with van der Waals surface area (Å²) < 4.78 is 1.97. The van der Waals surface area contributed by atoms with Crippen molar-refractivity contribution in [2.75, 3.05) is 13.1 Å². The van der Waals surface area contributed by atoms with Gasteiger partial charge in [0.05, 0.1) is 17.2 Å². The molecule has 1 atom stereocenters. The van der Waals surface area contributed by atoms with E-state index in [2.05, 4.69) is 23.0 Å². The minimum Gasteiger partial charge on any atom is -0.387 e. The maximum Gasteiger partial charge on any atom is 0.0949 e. The van der Waals surface area contributed by atoms with Gasteiger partial charge in [-0.2, -0.15) is 5.10 Å². The Morgan fingerprint density at radius 1 is 1.61 bits per heavy atom. The summed E-state index contributed by atoms with van der Waals surface area (Å²) in [7, 11) is 2.00. The Bertz CT molecular complexity index is 423. The standard InChI is InChI=1S/C13H23N5/c1-3-11-7-12(17(2)16-11)9-18-6-4-5-10(8-18)13(14)15/h7,10H,3-6,8-9H2,1-2H3,(H3,14,15). The molecule has 2 rings (SSSR count). The molecule has 0 aromatic carbocycles. The van der Waals surface area contributed by atoms with Crippen molar-refractivity contribution in [1.29, 1.82) is 5.41 Å². The highest BCUT2D eigenvalue weighted by Crippen LogP contribution is 2.18. The summed E-state index contributed by atoms with van der Waals surface area (Å²) in [6.45, 7) is 5.03. The summed E-state index contributed by atoms with van der Waals surface area (Å²) in [6, 6.07) is 2.18. The number of piperidine rings is 1. The molecular weight excluding hydrogens is 226 g/mol. The van der Waals surface area contributed by atoms with Crippen molar-refractivity contribution < 1.29 is 0 Å². The van der Waals surface area contributed by atoms with E-state index in [4.69, 9.17) is 11.1 Å². The van der Waals surface area contributed by atoms with Crippen LogP contribution in [0.25, 0.3) is 0 Å². The second-order valence-corrected chi connectivity index (χ2v) is 5.13. The van der Waals surface area contributed by atoms with E-state index < -0.39 is 0 Å². The first-order valence-corrected chi connectivity index (χ1v) is 6.68. The molecule has 1 aromatic heterocycles. The van der Waals surface area contributed by atoms with Crippen molar-refractivity contribution in [3.05, 3.63) is 17.5 Å². The monoisotopic (exact) mass is 249 g/mol. The highest BCUT2D eigenvalue weighted by atomic mass is 15.3. The molecule has 0 amide bonds. The number of nitrogens with one attached hydrogen (secondary N) is 1. The molecule has 100 valence electrons. The van der Waals surface area contributed by atoms with Gasteiger partial charge in [0, 0.05) is 26.1 Å². The van der Waals surface area contributed by atoms with Crippen molar-refractivity contribution in [3.8, 4) is 0 Å². The van der Waals surface area contributed by atoms with Crippen LogP contribution in [0.5, 0.6) is 0 Å². The Morgan fingerprint density at radius 2 is 2.39 bits per heavy atom. The van der Waals surface area contributed by atoms with E-state index in [1.807, 2.05) is 11.7 Å². The van der Waals surface area contributed by atoms with Gasteiger partial charge in [-0.25, -0.2) is 0 Å². The number of aryl methyl sites for hydroxylation is 2. The molecule has 0 bridgehead atoms. The van der Waals surface area contributed by atoms with Crippen molar-refractivity contribution in [2.24, 2.45) is 18.7 Å². The molecule has 3 N–H and O–H groups in total. The number of aromatic nitrogens is 2. The van der Waals surface area contributed by atoms with Crippen LogP contribution in [0.15, 0.2) is 6.07 Å². The fraction of sp³-hybridized carbons (Fsp3) is 0.692. The van der Waals surface area contributed by atoms with E-state index in [1.165, 1.54) is 5.69 Å². The summed E-state index contributed by atoms with van der Waals surface area (Å²) in [5.41, 5.74) is 8.01. The molecule has 5 heteroatoms. The largest absolute Gasteiger partial charge is 0.387 e. The first-order valence-electron chi connectivity index (χ1n) is 6.68. The zero-order chi connectivity index (χ0) is 13.1. The normalized spacial score (nSPS) is 21.1. The van der Waals surface area contributed by atoms with Crippen LogP contribution in [0.3, 0.4) is 0 Å². The predicted molar refractivity (Wildman–Crippen MR) is 72.5 cm³/mol. The van der Waals surface area contributed by atoms with Crippen LogP contribution in [0.4, 0.5) is 0 Å². The van der Waals surface area contributed by atoms with Crippen molar-refractivity contribution in [3.63, 3.8) is 0 Å². The van der Waals surface area contributed by atoms with Crippen molar-refractivity contribution in [2.45, 2.75) is 32.7 Å². The van der Waals surface area contributed by atoms with Gasteiger partial charge in [-0.3, -0.25) is 15.0 Å². The molecule has 1 aliphatic heterocycles. The first kappa shape index (κ1) is 13.1. The van der Waals surface area contributed by atoms with Gasteiger partial charge in [0.25, 0.3) is 0 Å². The fourth-order valence-electron chi connectivity index (χ4n) is 2.57. The van der Waals surface area contributed by atoms with E-state index in [0.29, 0.717) is 5.84 Å². The fourth-order valence-corrected chi connectivity index (χ4v) is 2.57. The van der Waals surface area contributed by atoms with Gasteiger partial charge in [0.1, 0.15) is 0 Å². The number of amidine groups is 1. The Labute approximate surface area is 108 Å². The lowest BCUT2D eigenvalue weighted by atomic mass is 9.97. The molecule has 5 nitrogen and oxygen atoms in total. The molecule has 18 heavy (non-hydrogen) atoms. The maximum absolute atomic E-state index is 7.57. The van der Waals surface area contributed by atoms with Crippen LogP contribution in [0.2, 0.25) is 0 Å². The van der Waals surface area contributed by atoms with E-state index in [-0.39, 0.29) is 5.92 Å². The molecule has 0 aliphatic carbocycles. The molecule has 1 aliphatic rings. The number of likely N-dealkylation sites (tertiary alicyclic amines) is 1. The van der Waals surface area contributed by atoms with Gasteiger partial charge >= 0.3 is 0 Å². The average Bonchev–Trinajstić information content (AvgIpc) is 2.70. The highest BCUT2D eigenvalue weighted by molar-refractivity contribution is 5.79. The third-order valence-corrected chi connectivity index (χ3v) is 3.72. The first-order chi connectivity index (χ1) is 8.60. The van der Waals surface area contributed by atoms with Gasteiger partial charge in [-0.15, -0.1) is 0 Å². The van der Waals surface area contributed by atoms with Crippen LogP contribution in [0.1, 0.15) is 31.2 Å². The number of nitrogens with zero attached hydrogens (tertiary/aromatic N) is 3. The van der Waals surface area contributed by atoms with Gasteiger partial charge in [-0.05, 0) is 31.9 Å². The van der Waals surface area contributed by atoms with Crippen LogP contribution >= 0.6 is 0 Å². The van der Waals surface area contributed by atoms with E-state index in [0.717, 1.165) is 44.6 Å². The summed E-state index contributed by atoms with van der Waals surface area (Å²) in [5.74, 6) is 0.566. The maximum atomic E-state index is 7.57. The van der Waals surface area contributed by atoms with Crippen LogP contribution in [0, 0.1) is 11.3 Å². The molecule has 0 spiro atoms. The number of rotatable bonds is 4. The summed E-state index contributed by atoms with van der Waals surface area (Å²) in [4.78, 5) is 2.38. The smallest absolute Gasteiger partial charge is 0.0949 e. The molecule has 1 aromatic rings. The lowest BCUT2D eigenvalue weighted by Gasteiger charge is -2.31. The number of hydrogen-bond acceptors (Lipinski definition) is 3. The third-order valence-electron chi connectivity index (χ3n) is 3.72. The lowest BCUT2D eigenvalue weighted by molar-refractivity contribution is 0.191. The quantitative estimate of drug-likeness (QED) is 0.621. The van der Waals surface area contributed by atoms with Gasteiger partial charge in [0.2, 0.25) is 0 Å². The lowest BCUT2D eigenvalue weighted by Crippen LogP contribution is -2.40. The SMILES string of the molecule is CCc1cc(CN2CCCC(C(=N)N)C2)n(C)n1. The highest BCUT2D eigenvalue weighted by Gasteiger charge is 2.22. The van der Waals surface area contributed by atoms with Gasteiger partial charge in [0.15, 0.2) is 0 Å². The molecule has 1 unspecified atom stereocenters. The third kappa shape index (κ3) is 2.90. The van der Waals surface area contributed by atoms with Crippen molar-refractivity contribution >= 4 is 5.84 Å². The van der Waals surface area contributed by atoms with Gasteiger partial charge in [-0.1, -0.05) is 6.92 Å². The Kier molecular flexibility index (Phi) is 4.01. The molecular formula is C13H23N5. The molecule has 1 fully saturated rings. The molecule has 2 heterocycles. The van der Waals surface area contributed by atoms with E-state index >= 15 is 0 Å². The Hall–Kier alpha value is -1.36. The topological polar surface area (TPSA) is 70.9 Å². The summed E-state index contributed by atoms with van der Waals surface area (Å²) >= 11 is 0. The minimum absolute atomic E-state index is 0.234. The van der Waals surface area contributed by atoms with Gasteiger partial charge < -0.3 is 5.73 Å². The zero-order valence-electron chi connectivity index (χ0n) is 11.3.